The maximum Gasteiger partial charge on any atom is 0.266 e. The number of aromatic nitrogens is 1. The van der Waals surface area contributed by atoms with Gasteiger partial charge in [-0.25, -0.2) is 13.1 Å². The fraction of sp³-hybridized carbons (Fsp3) is 0.0588. The summed E-state index contributed by atoms with van der Waals surface area (Å²) in [6, 6.07) is 12.8. The van der Waals surface area contributed by atoms with Crippen molar-refractivity contribution in [3.63, 3.8) is 0 Å². The minimum absolute atomic E-state index is 0.0949. The van der Waals surface area contributed by atoms with Gasteiger partial charge in [-0.15, -0.1) is 0 Å². The third-order valence-corrected chi connectivity index (χ3v) is 5.31. The summed E-state index contributed by atoms with van der Waals surface area (Å²) in [6.45, 7) is 0. The van der Waals surface area contributed by atoms with Crippen LogP contribution in [0.4, 0.5) is 0 Å². The third kappa shape index (κ3) is 4.10. The Labute approximate surface area is 154 Å². The fourth-order valence-electron chi connectivity index (χ4n) is 2.36. The van der Waals surface area contributed by atoms with E-state index in [0.717, 1.165) is 0 Å². The average Bonchev–Trinajstić information content (AvgIpc) is 2.55. The largest absolute Gasteiger partial charge is 0.274 e. The van der Waals surface area contributed by atoms with Crippen molar-refractivity contribution in [2.24, 2.45) is 0 Å². The van der Waals surface area contributed by atoms with E-state index in [2.05, 4.69) is 9.71 Å². The molecule has 5 nitrogen and oxygen atoms in total. The van der Waals surface area contributed by atoms with E-state index >= 15 is 0 Å². The molecule has 3 aromatic rings. The lowest BCUT2D eigenvalue weighted by molar-refractivity contribution is -0.118. The van der Waals surface area contributed by atoms with Crippen molar-refractivity contribution < 1.29 is 13.2 Å². The Kier molecular flexibility index (Phi) is 4.94. The maximum absolute atomic E-state index is 12.6. The molecule has 128 valence electrons. The van der Waals surface area contributed by atoms with E-state index in [9.17, 15) is 13.2 Å². The van der Waals surface area contributed by atoms with Crippen LogP contribution in [0.25, 0.3) is 10.9 Å². The molecule has 1 heterocycles. The number of hydrogen-bond acceptors (Lipinski definition) is 4. The van der Waals surface area contributed by atoms with Crippen LogP contribution in [0.1, 0.15) is 5.56 Å². The van der Waals surface area contributed by atoms with Crippen molar-refractivity contribution in [3.8, 4) is 0 Å². The molecule has 0 bridgehead atoms. The van der Waals surface area contributed by atoms with Crippen molar-refractivity contribution in [2.45, 2.75) is 11.3 Å². The number of benzene rings is 2. The number of carbonyl (C=O) groups is 1. The van der Waals surface area contributed by atoms with Gasteiger partial charge in [0.25, 0.3) is 10.0 Å². The molecular weight excluding hydrogens is 383 g/mol. The highest BCUT2D eigenvalue weighted by atomic mass is 35.5. The van der Waals surface area contributed by atoms with Gasteiger partial charge in [-0.2, -0.15) is 0 Å². The number of sulfonamides is 1. The number of nitrogens with zero attached hydrogens (tertiary/aromatic N) is 1. The van der Waals surface area contributed by atoms with Crippen LogP contribution in [-0.4, -0.2) is 19.3 Å². The van der Waals surface area contributed by atoms with Gasteiger partial charge in [-0.05, 0) is 35.9 Å². The van der Waals surface area contributed by atoms with Gasteiger partial charge in [0, 0.05) is 21.6 Å². The van der Waals surface area contributed by atoms with Gasteiger partial charge in [-0.1, -0.05) is 41.4 Å². The second kappa shape index (κ2) is 7.00. The standard InChI is InChI=1S/C17H12Cl2N2O3S/c18-13-5-3-11(4-6-13)8-16(22)21-25(23,24)15-10-14(19)9-12-2-1-7-20-17(12)15/h1-7,9-10H,8H2,(H,21,22). The summed E-state index contributed by atoms with van der Waals surface area (Å²) in [4.78, 5) is 16.1. The Morgan fingerprint density at radius 3 is 2.48 bits per heavy atom. The topological polar surface area (TPSA) is 76.1 Å². The first kappa shape index (κ1) is 17.7. The summed E-state index contributed by atoms with van der Waals surface area (Å²) in [5, 5.41) is 1.35. The molecule has 2 aromatic carbocycles. The monoisotopic (exact) mass is 394 g/mol. The number of amides is 1. The lowest BCUT2D eigenvalue weighted by Gasteiger charge is -2.10. The molecule has 0 saturated heterocycles. The Hall–Kier alpha value is -2.15. The number of rotatable bonds is 4. The zero-order valence-corrected chi connectivity index (χ0v) is 15.1. The summed E-state index contributed by atoms with van der Waals surface area (Å²) in [7, 11) is -4.11. The predicted molar refractivity (Wildman–Crippen MR) is 97.2 cm³/mol. The van der Waals surface area contributed by atoms with Crippen molar-refractivity contribution in [3.05, 3.63) is 70.3 Å². The number of pyridine rings is 1. The summed E-state index contributed by atoms with van der Waals surface area (Å²) in [5.74, 6) is -0.661. The minimum atomic E-state index is -4.11. The number of fused-ring (bicyclic) bond motifs is 1. The van der Waals surface area contributed by atoms with Crippen molar-refractivity contribution in [1.82, 2.24) is 9.71 Å². The lowest BCUT2D eigenvalue weighted by atomic mass is 10.1. The van der Waals surface area contributed by atoms with E-state index in [1.807, 2.05) is 0 Å². The second-order valence-electron chi connectivity index (χ2n) is 5.31. The third-order valence-electron chi connectivity index (χ3n) is 3.45. The van der Waals surface area contributed by atoms with Crippen LogP contribution < -0.4 is 4.72 Å². The molecule has 0 aliphatic heterocycles. The van der Waals surface area contributed by atoms with Crippen LogP contribution in [0.15, 0.2) is 59.6 Å². The van der Waals surface area contributed by atoms with Crippen molar-refractivity contribution in [2.75, 3.05) is 0 Å². The highest BCUT2D eigenvalue weighted by molar-refractivity contribution is 7.90. The van der Waals surface area contributed by atoms with Crippen LogP contribution in [0.5, 0.6) is 0 Å². The number of hydrogen-bond donors (Lipinski definition) is 1. The highest BCUT2D eigenvalue weighted by Crippen LogP contribution is 2.25. The number of halogens is 2. The number of carbonyl (C=O) groups excluding carboxylic acids is 1. The first-order valence-corrected chi connectivity index (χ1v) is 9.43. The zero-order chi connectivity index (χ0) is 18.0. The van der Waals surface area contributed by atoms with Crippen LogP contribution >= 0.6 is 23.2 Å². The first-order chi connectivity index (χ1) is 11.8. The van der Waals surface area contributed by atoms with E-state index in [4.69, 9.17) is 23.2 Å². The van der Waals surface area contributed by atoms with Crippen molar-refractivity contribution in [1.29, 1.82) is 0 Å². The Bertz CT molecular complexity index is 1050. The quantitative estimate of drug-likeness (QED) is 0.733. The van der Waals surface area contributed by atoms with Crippen molar-refractivity contribution >= 4 is 50.0 Å². The van der Waals surface area contributed by atoms with E-state index in [-0.39, 0.29) is 21.9 Å². The fourth-order valence-corrected chi connectivity index (χ4v) is 3.96. The molecule has 1 N–H and O–H groups in total. The molecule has 0 spiro atoms. The predicted octanol–water partition coefficient (Wildman–Crippen LogP) is 3.59. The van der Waals surface area contributed by atoms with Crippen LogP contribution in [-0.2, 0) is 21.2 Å². The molecule has 8 heteroatoms. The molecule has 0 aliphatic rings. The van der Waals surface area contributed by atoms with Gasteiger partial charge < -0.3 is 0 Å². The maximum atomic E-state index is 12.6. The molecular formula is C17H12Cl2N2O3S. The molecule has 25 heavy (non-hydrogen) atoms. The summed E-state index contributed by atoms with van der Waals surface area (Å²) in [5.41, 5.74) is 0.893. The summed E-state index contributed by atoms with van der Waals surface area (Å²) < 4.78 is 27.3. The lowest BCUT2D eigenvalue weighted by Crippen LogP contribution is -2.32. The van der Waals surface area contributed by atoms with Gasteiger partial charge in [0.05, 0.1) is 11.9 Å². The molecule has 3 rings (SSSR count). The normalized spacial score (nSPS) is 11.4. The molecule has 0 aliphatic carbocycles. The van der Waals surface area contributed by atoms with Gasteiger partial charge in [0.15, 0.2) is 0 Å². The highest BCUT2D eigenvalue weighted by Gasteiger charge is 2.22. The van der Waals surface area contributed by atoms with E-state index in [1.54, 1.807) is 42.5 Å². The Morgan fingerprint density at radius 2 is 1.76 bits per heavy atom. The molecule has 0 atom stereocenters. The Balaban J connectivity index is 1.89. The molecule has 1 aromatic heterocycles. The minimum Gasteiger partial charge on any atom is -0.274 e. The molecule has 0 fully saturated rings. The molecule has 0 radical (unpaired) electrons. The molecule has 0 saturated carbocycles. The van der Waals surface area contributed by atoms with E-state index in [0.29, 0.717) is 16.0 Å². The smallest absolute Gasteiger partial charge is 0.266 e. The molecule has 1 amide bonds. The van der Waals surface area contributed by atoms with Crippen LogP contribution in [0, 0.1) is 0 Å². The zero-order valence-electron chi connectivity index (χ0n) is 12.7. The van der Waals surface area contributed by atoms with Crippen LogP contribution in [0.3, 0.4) is 0 Å². The SMILES string of the molecule is O=C(Cc1ccc(Cl)cc1)NS(=O)(=O)c1cc(Cl)cc2cccnc12. The van der Waals surface area contributed by atoms with Gasteiger partial charge in [-0.3, -0.25) is 9.78 Å². The van der Waals surface area contributed by atoms with E-state index in [1.165, 1.54) is 12.3 Å². The summed E-state index contributed by atoms with van der Waals surface area (Å²) >= 11 is 11.8. The van der Waals surface area contributed by atoms with Gasteiger partial charge >= 0.3 is 0 Å². The van der Waals surface area contributed by atoms with E-state index < -0.39 is 15.9 Å². The number of nitrogens with one attached hydrogen (secondary N) is 1. The Morgan fingerprint density at radius 1 is 1.04 bits per heavy atom. The average molecular weight is 395 g/mol. The first-order valence-electron chi connectivity index (χ1n) is 7.19. The molecule has 0 unspecified atom stereocenters. The van der Waals surface area contributed by atoms with Gasteiger partial charge in [0.1, 0.15) is 4.90 Å². The summed E-state index contributed by atoms with van der Waals surface area (Å²) in [6.07, 6.45) is 1.38. The van der Waals surface area contributed by atoms with Gasteiger partial charge in [0.2, 0.25) is 5.91 Å². The van der Waals surface area contributed by atoms with Crippen LogP contribution in [0.2, 0.25) is 10.0 Å². The second-order valence-corrected chi connectivity index (χ2v) is 7.83.